The number of nitrogens with zero attached hydrogens (tertiary/aromatic N) is 3. The third-order valence-electron chi connectivity index (χ3n) is 4.57. The number of nitrogens with one attached hydrogen (secondary N) is 2. The van der Waals surface area contributed by atoms with Crippen molar-refractivity contribution in [3.8, 4) is 0 Å². The number of hydrogen-bond donors (Lipinski definition) is 2. The second kappa shape index (κ2) is 8.16. The smallest absolute Gasteiger partial charge is 0.317 e. The molecule has 134 valence electrons. The summed E-state index contributed by atoms with van der Waals surface area (Å²) in [6.45, 7) is 2.34. The van der Waals surface area contributed by atoms with Crippen LogP contribution in [0.3, 0.4) is 0 Å². The maximum absolute atomic E-state index is 12.5. The van der Waals surface area contributed by atoms with E-state index in [1.54, 1.807) is 12.4 Å². The second-order valence-electron chi connectivity index (χ2n) is 6.85. The molecular weight excluding hydrogens is 314 g/mol. The van der Waals surface area contributed by atoms with Crippen LogP contribution in [-0.4, -0.2) is 53.0 Å². The predicted octanol–water partition coefficient (Wildman–Crippen LogP) is 2.56. The quantitative estimate of drug-likeness (QED) is 0.849. The number of rotatable bonds is 6. The van der Waals surface area contributed by atoms with E-state index in [2.05, 4.69) is 58.5 Å². The molecule has 1 aliphatic rings. The van der Waals surface area contributed by atoms with Crippen molar-refractivity contribution in [3.05, 3.63) is 53.6 Å². The summed E-state index contributed by atoms with van der Waals surface area (Å²) >= 11 is 0. The van der Waals surface area contributed by atoms with Crippen molar-refractivity contribution in [1.82, 2.24) is 25.1 Å². The van der Waals surface area contributed by atoms with Crippen LogP contribution in [0.25, 0.3) is 0 Å². The standard InChI is InChI=1S/C19H27N5O/c1-23(2)14-15-5-7-16(8-6-15)17-4-3-13-24(17)19(25)22-10-9-18-20-11-12-21-18/h5-8,11-12,17H,3-4,9-10,13-14H2,1-2H3,(H,20,21)(H,22,25). The van der Waals surface area contributed by atoms with Gasteiger partial charge in [0.05, 0.1) is 6.04 Å². The Hall–Kier alpha value is -2.34. The number of benzene rings is 1. The predicted molar refractivity (Wildman–Crippen MR) is 98.2 cm³/mol. The normalized spacial score (nSPS) is 17.2. The number of amides is 2. The van der Waals surface area contributed by atoms with Gasteiger partial charge >= 0.3 is 6.03 Å². The molecule has 6 heteroatoms. The molecule has 2 amide bonds. The number of likely N-dealkylation sites (tertiary alicyclic amines) is 1. The van der Waals surface area contributed by atoms with Gasteiger partial charge in [-0.3, -0.25) is 0 Å². The first-order valence-electron chi connectivity index (χ1n) is 8.90. The summed E-state index contributed by atoms with van der Waals surface area (Å²) in [5.74, 6) is 0.898. The van der Waals surface area contributed by atoms with E-state index >= 15 is 0 Å². The molecule has 1 fully saturated rings. The van der Waals surface area contributed by atoms with Gasteiger partial charge in [-0.2, -0.15) is 0 Å². The first-order chi connectivity index (χ1) is 12.1. The van der Waals surface area contributed by atoms with Gasteiger partial charge in [0.25, 0.3) is 0 Å². The summed E-state index contributed by atoms with van der Waals surface area (Å²) < 4.78 is 0. The molecule has 6 nitrogen and oxygen atoms in total. The van der Waals surface area contributed by atoms with Crippen molar-refractivity contribution in [2.24, 2.45) is 0 Å². The number of aromatic amines is 1. The third-order valence-corrected chi connectivity index (χ3v) is 4.57. The van der Waals surface area contributed by atoms with Gasteiger partial charge in [0.2, 0.25) is 0 Å². The Morgan fingerprint density at radius 1 is 1.36 bits per heavy atom. The first-order valence-corrected chi connectivity index (χ1v) is 8.90. The van der Waals surface area contributed by atoms with Crippen LogP contribution in [-0.2, 0) is 13.0 Å². The van der Waals surface area contributed by atoms with Gasteiger partial charge < -0.3 is 20.1 Å². The maximum atomic E-state index is 12.5. The van der Waals surface area contributed by atoms with Crippen LogP contribution in [0.4, 0.5) is 4.79 Å². The van der Waals surface area contributed by atoms with Crippen molar-refractivity contribution in [3.63, 3.8) is 0 Å². The van der Waals surface area contributed by atoms with Gasteiger partial charge in [-0.1, -0.05) is 24.3 Å². The van der Waals surface area contributed by atoms with Crippen LogP contribution >= 0.6 is 0 Å². The monoisotopic (exact) mass is 341 g/mol. The highest BCUT2D eigenvalue weighted by Crippen LogP contribution is 2.32. The molecule has 0 aliphatic carbocycles. The summed E-state index contributed by atoms with van der Waals surface area (Å²) in [6, 6.07) is 8.86. The Balaban J connectivity index is 1.56. The Labute approximate surface area is 149 Å². The van der Waals surface area contributed by atoms with Crippen molar-refractivity contribution in [1.29, 1.82) is 0 Å². The number of urea groups is 1. The number of aromatic nitrogens is 2. The molecule has 1 atom stereocenters. The highest BCUT2D eigenvalue weighted by molar-refractivity contribution is 5.75. The number of carbonyl (C=O) groups excluding carboxylic acids is 1. The van der Waals surface area contributed by atoms with Crippen LogP contribution in [0.2, 0.25) is 0 Å². The second-order valence-corrected chi connectivity index (χ2v) is 6.85. The summed E-state index contributed by atoms with van der Waals surface area (Å²) in [4.78, 5) is 23.9. The zero-order chi connectivity index (χ0) is 17.6. The topological polar surface area (TPSA) is 64.3 Å². The lowest BCUT2D eigenvalue weighted by molar-refractivity contribution is 0.193. The van der Waals surface area contributed by atoms with Gasteiger partial charge in [0, 0.05) is 38.4 Å². The lowest BCUT2D eigenvalue weighted by atomic mass is 10.0. The molecule has 0 spiro atoms. The van der Waals surface area contributed by atoms with Crippen molar-refractivity contribution in [2.45, 2.75) is 31.8 Å². The van der Waals surface area contributed by atoms with Gasteiger partial charge in [-0.15, -0.1) is 0 Å². The molecule has 2 aromatic rings. The molecule has 25 heavy (non-hydrogen) atoms. The fourth-order valence-corrected chi connectivity index (χ4v) is 3.39. The Morgan fingerprint density at radius 2 is 2.16 bits per heavy atom. The molecule has 0 radical (unpaired) electrons. The van der Waals surface area contributed by atoms with E-state index in [9.17, 15) is 4.79 Å². The van der Waals surface area contributed by atoms with E-state index in [1.165, 1.54) is 11.1 Å². The molecule has 1 aromatic heterocycles. The van der Waals surface area contributed by atoms with Crippen LogP contribution in [0.5, 0.6) is 0 Å². The van der Waals surface area contributed by atoms with E-state index in [-0.39, 0.29) is 12.1 Å². The molecule has 1 unspecified atom stereocenters. The zero-order valence-electron chi connectivity index (χ0n) is 15.0. The molecule has 1 saturated heterocycles. The lowest BCUT2D eigenvalue weighted by Crippen LogP contribution is -2.40. The maximum Gasteiger partial charge on any atom is 0.317 e. The largest absolute Gasteiger partial charge is 0.349 e. The van der Waals surface area contributed by atoms with Crippen LogP contribution in [0, 0.1) is 0 Å². The number of carbonyl (C=O) groups is 1. The Bertz CT molecular complexity index is 666. The van der Waals surface area contributed by atoms with Crippen LogP contribution in [0.15, 0.2) is 36.7 Å². The van der Waals surface area contributed by atoms with Crippen LogP contribution in [0.1, 0.15) is 35.8 Å². The molecular formula is C19H27N5O. The summed E-state index contributed by atoms with van der Waals surface area (Å²) in [5, 5.41) is 3.02. The summed E-state index contributed by atoms with van der Waals surface area (Å²) in [7, 11) is 4.14. The SMILES string of the molecule is CN(C)Cc1ccc(C2CCCN2C(=O)NCCc2ncc[nH]2)cc1. The van der Waals surface area contributed by atoms with E-state index in [0.29, 0.717) is 6.54 Å². The molecule has 1 aromatic carbocycles. The Kier molecular flexibility index (Phi) is 5.71. The summed E-state index contributed by atoms with van der Waals surface area (Å²) in [5.41, 5.74) is 2.52. The fraction of sp³-hybridized carbons (Fsp3) is 0.474. The summed E-state index contributed by atoms with van der Waals surface area (Å²) in [6.07, 6.45) is 6.33. The van der Waals surface area contributed by atoms with E-state index in [1.807, 2.05) is 4.90 Å². The van der Waals surface area contributed by atoms with Gasteiger partial charge in [0.1, 0.15) is 5.82 Å². The lowest BCUT2D eigenvalue weighted by Gasteiger charge is -2.25. The van der Waals surface area contributed by atoms with Crippen molar-refractivity contribution >= 4 is 6.03 Å². The molecule has 3 rings (SSSR count). The highest BCUT2D eigenvalue weighted by atomic mass is 16.2. The number of hydrogen-bond acceptors (Lipinski definition) is 3. The number of imidazole rings is 1. The number of H-pyrrole nitrogens is 1. The average Bonchev–Trinajstić information content (AvgIpc) is 3.26. The van der Waals surface area contributed by atoms with Gasteiger partial charge in [-0.25, -0.2) is 9.78 Å². The molecule has 0 bridgehead atoms. The molecule has 1 aliphatic heterocycles. The zero-order valence-corrected chi connectivity index (χ0v) is 15.0. The van der Waals surface area contributed by atoms with Crippen LogP contribution < -0.4 is 5.32 Å². The molecule has 2 N–H and O–H groups in total. The van der Waals surface area contributed by atoms with E-state index < -0.39 is 0 Å². The highest BCUT2D eigenvalue weighted by Gasteiger charge is 2.29. The third kappa shape index (κ3) is 4.60. The van der Waals surface area contributed by atoms with Gasteiger partial charge in [-0.05, 0) is 38.1 Å². The minimum atomic E-state index is 0.0198. The van der Waals surface area contributed by atoms with Crippen molar-refractivity contribution < 1.29 is 4.79 Å². The van der Waals surface area contributed by atoms with Crippen molar-refractivity contribution in [2.75, 3.05) is 27.2 Å². The minimum Gasteiger partial charge on any atom is -0.349 e. The minimum absolute atomic E-state index is 0.0198. The Morgan fingerprint density at radius 3 is 2.84 bits per heavy atom. The fourth-order valence-electron chi connectivity index (χ4n) is 3.39. The van der Waals surface area contributed by atoms with E-state index in [0.717, 1.165) is 38.2 Å². The first kappa shape index (κ1) is 17.5. The van der Waals surface area contributed by atoms with Gasteiger partial charge in [0.15, 0.2) is 0 Å². The molecule has 0 saturated carbocycles. The average molecular weight is 341 g/mol. The molecule has 2 heterocycles. The van der Waals surface area contributed by atoms with E-state index in [4.69, 9.17) is 0 Å².